The zero-order chi connectivity index (χ0) is 14.7. The zero-order valence-electron chi connectivity index (χ0n) is 12.8. The van der Waals surface area contributed by atoms with Crippen molar-refractivity contribution in [2.45, 2.75) is 38.1 Å². The Labute approximate surface area is 143 Å². The first-order valence-corrected chi connectivity index (χ1v) is 8.37. The number of amides is 1. The molecular weight excluding hydrogens is 319 g/mol. The van der Waals surface area contributed by atoms with Gasteiger partial charge in [-0.3, -0.25) is 4.79 Å². The molecule has 2 aliphatic rings. The summed E-state index contributed by atoms with van der Waals surface area (Å²) in [5.41, 5.74) is 1.18. The smallest absolute Gasteiger partial charge is 0.223 e. The number of hydrogen-bond acceptors (Lipinski definition) is 2. The fourth-order valence-electron chi connectivity index (χ4n) is 3.56. The molecule has 0 spiro atoms. The second kappa shape index (κ2) is 8.19. The summed E-state index contributed by atoms with van der Waals surface area (Å²) in [5.74, 6) is 0.991. The summed E-state index contributed by atoms with van der Waals surface area (Å²) in [5, 5.41) is 4.12. The van der Waals surface area contributed by atoms with Gasteiger partial charge in [0.15, 0.2) is 0 Å². The number of carbonyl (C=O) groups excluding carboxylic acids is 1. The van der Waals surface area contributed by atoms with E-state index in [0.717, 1.165) is 43.9 Å². The van der Waals surface area contributed by atoms with Gasteiger partial charge in [0, 0.05) is 18.0 Å². The first kappa shape index (κ1) is 17.6. The lowest BCUT2D eigenvalue weighted by Crippen LogP contribution is -2.30. The van der Waals surface area contributed by atoms with Crippen molar-refractivity contribution in [3.8, 4) is 0 Å². The minimum absolute atomic E-state index is 0. The van der Waals surface area contributed by atoms with Gasteiger partial charge < -0.3 is 10.2 Å². The van der Waals surface area contributed by atoms with Crippen LogP contribution in [0.4, 0.5) is 0 Å². The molecule has 1 aromatic rings. The predicted octanol–water partition coefficient (Wildman–Crippen LogP) is 3.82. The number of nitrogens with one attached hydrogen (secondary N) is 1. The zero-order valence-corrected chi connectivity index (χ0v) is 14.3. The van der Waals surface area contributed by atoms with Gasteiger partial charge in [-0.25, -0.2) is 0 Å². The average Bonchev–Trinajstić information content (AvgIpc) is 3.16. The van der Waals surface area contributed by atoms with Crippen LogP contribution < -0.4 is 5.32 Å². The van der Waals surface area contributed by atoms with Gasteiger partial charge in [-0.1, -0.05) is 23.7 Å². The molecule has 2 fully saturated rings. The van der Waals surface area contributed by atoms with Gasteiger partial charge in [-0.05, 0) is 62.4 Å². The first-order valence-electron chi connectivity index (χ1n) is 7.99. The van der Waals surface area contributed by atoms with Crippen molar-refractivity contribution in [2.75, 3.05) is 19.6 Å². The molecule has 2 heterocycles. The van der Waals surface area contributed by atoms with Crippen LogP contribution in [-0.2, 0) is 4.79 Å². The van der Waals surface area contributed by atoms with Crippen molar-refractivity contribution in [2.24, 2.45) is 5.92 Å². The molecule has 1 aromatic carbocycles. The summed E-state index contributed by atoms with van der Waals surface area (Å²) >= 11 is 6.09. The number of nitrogens with zero attached hydrogens (tertiary/aromatic N) is 1. The van der Waals surface area contributed by atoms with Crippen molar-refractivity contribution in [1.29, 1.82) is 0 Å². The van der Waals surface area contributed by atoms with Gasteiger partial charge in [0.05, 0.1) is 6.04 Å². The standard InChI is InChI=1S/C17H23ClN2O.ClH/c18-15-4-1-3-14(11-15)16-5-2-10-20(16)17(21)7-6-13-8-9-19-12-13;/h1,3-4,11,13,16,19H,2,5-10,12H2;1H. The lowest BCUT2D eigenvalue weighted by atomic mass is 10.0. The van der Waals surface area contributed by atoms with Crippen LogP contribution in [0.5, 0.6) is 0 Å². The molecular formula is C17H24Cl2N2O. The molecule has 1 N–H and O–H groups in total. The Bertz CT molecular complexity index is 503. The number of benzene rings is 1. The molecule has 122 valence electrons. The Kier molecular flexibility index (Phi) is 6.54. The minimum atomic E-state index is 0. The average molecular weight is 343 g/mol. The van der Waals surface area contributed by atoms with Crippen molar-refractivity contribution in [3.05, 3.63) is 34.9 Å². The molecule has 2 unspecified atom stereocenters. The molecule has 2 saturated heterocycles. The Morgan fingerprint density at radius 3 is 2.95 bits per heavy atom. The third-order valence-electron chi connectivity index (χ3n) is 4.74. The molecule has 0 aromatic heterocycles. The summed E-state index contributed by atoms with van der Waals surface area (Å²) in [6, 6.07) is 8.17. The second-order valence-corrected chi connectivity index (χ2v) is 6.63. The maximum Gasteiger partial charge on any atom is 0.223 e. The third kappa shape index (κ3) is 4.15. The van der Waals surface area contributed by atoms with Gasteiger partial charge >= 0.3 is 0 Å². The molecule has 3 nitrogen and oxygen atoms in total. The van der Waals surface area contributed by atoms with E-state index in [1.807, 2.05) is 18.2 Å². The fourth-order valence-corrected chi connectivity index (χ4v) is 3.76. The van der Waals surface area contributed by atoms with E-state index in [2.05, 4.69) is 16.3 Å². The summed E-state index contributed by atoms with van der Waals surface area (Å²) in [7, 11) is 0. The SMILES string of the molecule is Cl.O=C(CCC1CCNC1)N1CCCC1c1cccc(Cl)c1. The summed E-state index contributed by atoms with van der Waals surface area (Å²) in [6.45, 7) is 3.07. The van der Waals surface area contributed by atoms with E-state index in [9.17, 15) is 4.79 Å². The number of hydrogen-bond donors (Lipinski definition) is 1. The molecule has 1 amide bonds. The third-order valence-corrected chi connectivity index (χ3v) is 4.97. The highest BCUT2D eigenvalue weighted by Gasteiger charge is 2.30. The maximum absolute atomic E-state index is 12.5. The van der Waals surface area contributed by atoms with Crippen LogP contribution in [0.15, 0.2) is 24.3 Å². The van der Waals surface area contributed by atoms with E-state index in [-0.39, 0.29) is 18.4 Å². The van der Waals surface area contributed by atoms with Crippen LogP contribution in [0.2, 0.25) is 5.02 Å². The lowest BCUT2D eigenvalue weighted by Gasteiger charge is -2.26. The summed E-state index contributed by atoms with van der Waals surface area (Å²) in [4.78, 5) is 14.6. The van der Waals surface area contributed by atoms with E-state index >= 15 is 0 Å². The molecule has 0 saturated carbocycles. The number of likely N-dealkylation sites (tertiary alicyclic amines) is 1. The Hall–Kier alpha value is -0.770. The van der Waals surface area contributed by atoms with Crippen LogP contribution in [0.25, 0.3) is 0 Å². The van der Waals surface area contributed by atoms with Gasteiger partial charge in [0.2, 0.25) is 5.91 Å². The summed E-state index contributed by atoms with van der Waals surface area (Å²) in [6.07, 6.45) is 5.06. The number of carbonyl (C=O) groups is 1. The van der Waals surface area contributed by atoms with Gasteiger partial charge in [0.1, 0.15) is 0 Å². The van der Waals surface area contributed by atoms with Crippen molar-refractivity contribution >= 4 is 29.9 Å². The molecule has 5 heteroatoms. The fraction of sp³-hybridized carbons (Fsp3) is 0.588. The van der Waals surface area contributed by atoms with E-state index in [1.165, 1.54) is 12.0 Å². The van der Waals surface area contributed by atoms with Crippen molar-refractivity contribution < 1.29 is 4.79 Å². The number of rotatable bonds is 4. The molecule has 2 aliphatic heterocycles. The lowest BCUT2D eigenvalue weighted by molar-refractivity contribution is -0.132. The van der Waals surface area contributed by atoms with Crippen LogP contribution in [0.1, 0.15) is 43.7 Å². The van der Waals surface area contributed by atoms with E-state index in [1.54, 1.807) is 0 Å². The largest absolute Gasteiger partial charge is 0.336 e. The first-order chi connectivity index (χ1) is 10.2. The number of halogens is 2. The molecule has 0 radical (unpaired) electrons. The quantitative estimate of drug-likeness (QED) is 0.902. The van der Waals surface area contributed by atoms with Gasteiger partial charge in [-0.15, -0.1) is 12.4 Å². The van der Waals surface area contributed by atoms with Crippen LogP contribution in [0, 0.1) is 5.92 Å². The van der Waals surface area contributed by atoms with Crippen LogP contribution >= 0.6 is 24.0 Å². The second-order valence-electron chi connectivity index (χ2n) is 6.20. The molecule has 0 bridgehead atoms. The topological polar surface area (TPSA) is 32.3 Å². The predicted molar refractivity (Wildman–Crippen MR) is 92.6 cm³/mol. The van der Waals surface area contributed by atoms with Crippen LogP contribution in [0.3, 0.4) is 0 Å². The molecule has 22 heavy (non-hydrogen) atoms. The van der Waals surface area contributed by atoms with Gasteiger partial charge in [-0.2, -0.15) is 0 Å². The van der Waals surface area contributed by atoms with Crippen molar-refractivity contribution in [3.63, 3.8) is 0 Å². The molecule has 0 aliphatic carbocycles. The van der Waals surface area contributed by atoms with Crippen LogP contribution in [-0.4, -0.2) is 30.4 Å². The Balaban J connectivity index is 0.00000176. The van der Waals surface area contributed by atoms with E-state index in [4.69, 9.17) is 11.6 Å². The highest BCUT2D eigenvalue weighted by molar-refractivity contribution is 6.30. The molecule has 2 atom stereocenters. The Morgan fingerprint density at radius 2 is 2.23 bits per heavy atom. The normalized spacial score (nSPS) is 24.3. The van der Waals surface area contributed by atoms with Gasteiger partial charge in [0.25, 0.3) is 0 Å². The van der Waals surface area contributed by atoms with E-state index < -0.39 is 0 Å². The highest BCUT2D eigenvalue weighted by atomic mass is 35.5. The van der Waals surface area contributed by atoms with Crippen molar-refractivity contribution in [1.82, 2.24) is 10.2 Å². The maximum atomic E-state index is 12.5. The monoisotopic (exact) mass is 342 g/mol. The van der Waals surface area contributed by atoms with E-state index in [0.29, 0.717) is 18.2 Å². The molecule has 3 rings (SSSR count). The highest BCUT2D eigenvalue weighted by Crippen LogP contribution is 2.33. The Morgan fingerprint density at radius 1 is 1.36 bits per heavy atom. The minimum Gasteiger partial charge on any atom is -0.336 e. The summed E-state index contributed by atoms with van der Waals surface area (Å²) < 4.78 is 0.